The quantitative estimate of drug-likeness (QED) is 0.747. The maximum atomic E-state index is 13.2. The Morgan fingerprint density at radius 2 is 1.93 bits per heavy atom. The summed E-state index contributed by atoms with van der Waals surface area (Å²) in [5.41, 5.74) is 2.42. The molecule has 6 heteroatoms. The molecule has 2 fully saturated rings. The van der Waals surface area contributed by atoms with Crippen molar-refractivity contribution in [1.29, 1.82) is 0 Å². The van der Waals surface area contributed by atoms with E-state index in [2.05, 4.69) is 16.4 Å². The Morgan fingerprint density at radius 1 is 1.14 bits per heavy atom. The van der Waals surface area contributed by atoms with E-state index in [0.717, 1.165) is 18.7 Å². The van der Waals surface area contributed by atoms with E-state index >= 15 is 0 Å². The summed E-state index contributed by atoms with van der Waals surface area (Å²) in [6, 6.07) is 9.89. The van der Waals surface area contributed by atoms with E-state index in [1.165, 1.54) is 49.8 Å². The van der Waals surface area contributed by atoms with Gasteiger partial charge in [-0.15, -0.1) is 0 Å². The first-order chi connectivity index (χ1) is 14.1. The highest BCUT2D eigenvalue weighted by Crippen LogP contribution is 2.32. The Hall–Kier alpha value is -2.34. The van der Waals surface area contributed by atoms with E-state index in [9.17, 15) is 13.6 Å². The molecule has 1 aliphatic carbocycles. The average Bonchev–Trinajstić information content (AvgIpc) is 2.72. The van der Waals surface area contributed by atoms with Gasteiger partial charge in [0.05, 0.1) is 18.3 Å². The van der Waals surface area contributed by atoms with Crippen LogP contribution in [-0.2, 0) is 11.3 Å². The summed E-state index contributed by atoms with van der Waals surface area (Å²) in [6.07, 6.45) is 6.38. The third-order valence-corrected chi connectivity index (χ3v) is 6.07. The van der Waals surface area contributed by atoms with Crippen LogP contribution in [0.3, 0.4) is 0 Å². The molecule has 2 aliphatic rings. The lowest BCUT2D eigenvalue weighted by Gasteiger charge is -2.33. The molecule has 154 valence electrons. The minimum atomic E-state index is -2.57. The topological polar surface area (TPSA) is 45.2 Å². The molecule has 1 atom stereocenters. The van der Waals surface area contributed by atoms with Gasteiger partial charge < -0.3 is 10.2 Å². The van der Waals surface area contributed by atoms with Crippen molar-refractivity contribution >= 4 is 11.6 Å². The van der Waals surface area contributed by atoms with Crippen LogP contribution in [0.5, 0.6) is 0 Å². The standard InChI is InChI=1S/C23H27F2N3O/c24-22(25)17-7-4-8-20(13-17)28(23(29)21-11-12-26-21)15-19-10-9-18(14-27-19)16-5-2-1-3-6-16/h4,7-10,13-14,16,21-22,26H,1-3,5-6,11-12,15H2. The fourth-order valence-electron chi connectivity index (χ4n) is 4.18. The second-order valence-corrected chi connectivity index (χ2v) is 8.03. The Kier molecular flexibility index (Phi) is 6.19. The molecule has 1 unspecified atom stereocenters. The SMILES string of the molecule is O=C(C1CCN1)N(Cc1ccc(C2CCCCC2)cn1)c1cccc(C(F)F)c1. The van der Waals surface area contributed by atoms with Crippen molar-refractivity contribution in [3.05, 3.63) is 59.4 Å². The second-order valence-electron chi connectivity index (χ2n) is 8.03. The number of rotatable bonds is 6. The van der Waals surface area contributed by atoms with Crippen molar-refractivity contribution in [1.82, 2.24) is 10.3 Å². The predicted molar refractivity (Wildman–Crippen MR) is 109 cm³/mol. The van der Waals surface area contributed by atoms with Crippen LogP contribution in [0.15, 0.2) is 42.6 Å². The number of pyridine rings is 1. The number of nitrogens with one attached hydrogen (secondary N) is 1. The van der Waals surface area contributed by atoms with Gasteiger partial charge in [0.25, 0.3) is 6.43 Å². The lowest BCUT2D eigenvalue weighted by Crippen LogP contribution is -2.54. The largest absolute Gasteiger partial charge is 0.306 e. The maximum absolute atomic E-state index is 13.2. The molecule has 1 aromatic heterocycles. The molecule has 1 aliphatic heterocycles. The monoisotopic (exact) mass is 399 g/mol. The average molecular weight is 399 g/mol. The Balaban J connectivity index is 1.55. The highest BCUT2D eigenvalue weighted by Gasteiger charge is 2.30. The van der Waals surface area contributed by atoms with Crippen LogP contribution >= 0.6 is 0 Å². The van der Waals surface area contributed by atoms with Gasteiger partial charge in [-0.25, -0.2) is 8.78 Å². The van der Waals surface area contributed by atoms with Gasteiger partial charge in [0, 0.05) is 17.4 Å². The van der Waals surface area contributed by atoms with E-state index in [1.54, 1.807) is 17.0 Å². The number of halogens is 2. The molecule has 29 heavy (non-hydrogen) atoms. The molecule has 1 saturated heterocycles. The van der Waals surface area contributed by atoms with Crippen molar-refractivity contribution < 1.29 is 13.6 Å². The van der Waals surface area contributed by atoms with E-state index in [-0.39, 0.29) is 24.1 Å². The highest BCUT2D eigenvalue weighted by atomic mass is 19.3. The van der Waals surface area contributed by atoms with E-state index < -0.39 is 6.43 Å². The van der Waals surface area contributed by atoms with E-state index in [4.69, 9.17) is 0 Å². The summed E-state index contributed by atoms with van der Waals surface area (Å²) in [7, 11) is 0. The van der Waals surface area contributed by atoms with Crippen LogP contribution in [0.1, 0.15) is 67.7 Å². The Morgan fingerprint density at radius 3 is 2.55 bits per heavy atom. The summed E-state index contributed by atoms with van der Waals surface area (Å²) in [6.45, 7) is 1.07. The Bertz CT molecular complexity index is 830. The number of carbonyl (C=O) groups excluding carboxylic acids is 1. The summed E-state index contributed by atoms with van der Waals surface area (Å²) in [5, 5.41) is 3.11. The van der Waals surface area contributed by atoms with Crippen LogP contribution in [0.4, 0.5) is 14.5 Å². The minimum Gasteiger partial charge on any atom is -0.306 e. The summed E-state index contributed by atoms with van der Waals surface area (Å²) in [5.74, 6) is 0.478. The van der Waals surface area contributed by atoms with E-state index in [0.29, 0.717) is 11.6 Å². The second kappa shape index (κ2) is 8.99. The van der Waals surface area contributed by atoms with Crippen molar-refractivity contribution in [3.8, 4) is 0 Å². The van der Waals surface area contributed by atoms with Crippen LogP contribution in [-0.4, -0.2) is 23.5 Å². The van der Waals surface area contributed by atoms with Crippen LogP contribution in [0.2, 0.25) is 0 Å². The van der Waals surface area contributed by atoms with Crippen molar-refractivity contribution in [3.63, 3.8) is 0 Å². The number of anilines is 1. The normalized spacial score (nSPS) is 19.8. The summed E-state index contributed by atoms with van der Waals surface area (Å²) in [4.78, 5) is 19.1. The van der Waals surface area contributed by atoms with Crippen LogP contribution in [0, 0.1) is 0 Å². The molecular formula is C23H27F2N3O. The fourth-order valence-corrected chi connectivity index (χ4v) is 4.18. The zero-order valence-corrected chi connectivity index (χ0v) is 16.5. The molecule has 1 amide bonds. The molecule has 1 N–H and O–H groups in total. The zero-order valence-electron chi connectivity index (χ0n) is 16.5. The first-order valence-corrected chi connectivity index (χ1v) is 10.5. The number of nitrogens with zero attached hydrogens (tertiary/aromatic N) is 2. The molecular weight excluding hydrogens is 372 g/mol. The first-order valence-electron chi connectivity index (χ1n) is 10.5. The van der Waals surface area contributed by atoms with Crippen molar-refractivity contribution in [2.24, 2.45) is 0 Å². The summed E-state index contributed by atoms with van der Waals surface area (Å²) >= 11 is 0. The van der Waals surface area contributed by atoms with Crippen LogP contribution < -0.4 is 10.2 Å². The molecule has 0 radical (unpaired) electrons. The highest BCUT2D eigenvalue weighted by molar-refractivity contribution is 5.97. The lowest BCUT2D eigenvalue weighted by atomic mass is 9.85. The zero-order chi connectivity index (χ0) is 20.2. The van der Waals surface area contributed by atoms with Crippen LogP contribution in [0.25, 0.3) is 0 Å². The number of benzene rings is 1. The number of hydrogen-bond donors (Lipinski definition) is 1. The van der Waals surface area contributed by atoms with Gasteiger partial charge in [0.1, 0.15) is 0 Å². The van der Waals surface area contributed by atoms with Gasteiger partial charge in [0.15, 0.2) is 0 Å². The summed E-state index contributed by atoms with van der Waals surface area (Å²) < 4.78 is 26.3. The number of carbonyl (C=O) groups is 1. The third-order valence-electron chi connectivity index (χ3n) is 6.07. The lowest BCUT2D eigenvalue weighted by molar-refractivity contribution is -0.122. The third kappa shape index (κ3) is 4.64. The number of amides is 1. The van der Waals surface area contributed by atoms with Gasteiger partial charge in [-0.1, -0.05) is 37.5 Å². The molecule has 4 rings (SSSR count). The molecule has 0 spiro atoms. The first kappa shape index (κ1) is 20.0. The smallest absolute Gasteiger partial charge is 0.263 e. The Labute approximate surface area is 170 Å². The fraction of sp³-hybridized carbons (Fsp3) is 0.478. The number of hydrogen-bond acceptors (Lipinski definition) is 3. The van der Waals surface area contributed by atoms with Crippen molar-refractivity contribution in [2.45, 2.75) is 63.5 Å². The maximum Gasteiger partial charge on any atom is 0.263 e. The van der Waals surface area contributed by atoms with Gasteiger partial charge in [-0.05, 0) is 55.5 Å². The molecule has 2 aromatic rings. The van der Waals surface area contributed by atoms with Crippen molar-refractivity contribution in [2.75, 3.05) is 11.4 Å². The predicted octanol–water partition coefficient (Wildman–Crippen LogP) is 4.96. The molecule has 2 heterocycles. The van der Waals surface area contributed by atoms with E-state index in [1.807, 2.05) is 12.3 Å². The van der Waals surface area contributed by atoms with Gasteiger partial charge >= 0.3 is 0 Å². The molecule has 0 bridgehead atoms. The van der Waals surface area contributed by atoms with Gasteiger partial charge in [0.2, 0.25) is 5.91 Å². The number of aromatic nitrogens is 1. The number of alkyl halides is 2. The van der Waals surface area contributed by atoms with Gasteiger partial charge in [-0.3, -0.25) is 9.78 Å². The van der Waals surface area contributed by atoms with Gasteiger partial charge in [-0.2, -0.15) is 0 Å². The molecule has 1 saturated carbocycles. The molecule has 1 aromatic carbocycles. The minimum absolute atomic E-state index is 0.0810. The molecule has 4 nitrogen and oxygen atoms in total.